The van der Waals surface area contributed by atoms with Crippen LogP contribution in [0.25, 0.3) is 0 Å². The molecule has 3 aromatic carbocycles. The van der Waals surface area contributed by atoms with Crippen LogP contribution >= 0.6 is 0 Å². The van der Waals surface area contributed by atoms with Gasteiger partial charge in [-0.2, -0.15) is 0 Å². The first-order valence-corrected chi connectivity index (χ1v) is 16.0. The molecule has 0 aliphatic carbocycles. The number of hydrogen-bond acceptors (Lipinski definition) is 9. The Morgan fingerprint density at radius 1 is 0.833 bits per heavy atom. The van der Waals surface area contributed by atoms with Gasteiger partial charge in [0.1, 0.15) is 41.9 Å². The molecule has 2 amide bonds. The molecule has 4 atom stereocenters. The third-order valence-electron chi connectivity index (χ3n) is 7.36. The van der Waals surface area contributed by atoms with E-state index in [1.54, 1.807) is 27.7 Å². The van der Waals surface area contributed by atoms with Gasteiger partial charge in [-0.15, -0.1) is 0 Å². The highest BCUT2D eigenvalue weighted by Gasteiger charge is 2.39. The average Bonchev–Trinajstić information content (AvgIpc) is 3.45. The topological polar surface area (TPSA) is 134 Å². The summed E-state index contributed by atoms with van der Waals surface area (Å²) in [5.41, 5.74) is 2.01. The van der Waals surface area contributed by atoms with Gasteiger partial charge in [0.05, 0.1) is 13.7 Å². The minimum Gasteiger partial charge on any atom is -0.494 e. The summed E-state index contributed by atoms with van der Waals surface area (Å²) in [7, 11) is 1.27. The van der Waals surface area contributed by atoms with Gasteiger partial charge in [0.2, 0.25) is 11.8 Å². The molecule has 0 radical (unpaired) electrons. The SMILES string of the molecule is CCOc1ccc(C[C@H](NC(=O)C2N=C([C@H](Cc3ccc(OCc4ccccc4)cc3)NC(=O)OC(C)(C)C)O[C@@H]2C)C(=O)OC)cc1. The molecule has 0 aromatic heterocycles. The summed E-state index contributed by atoms with van der Waals surface area (Å²) < 4.78 is 28.0. The molecule has 0 bridgehead atoms. The lowest BCUT2D eigenvalue weighted by molar-refractivity contribution is -0.145. The molecule has 1 aliphatic rings. The zero-order chi connectivity index (χ0) is 34.7. The predicted molar refractivity (Wildman–Crippen MR) is 181 cm³/mol. The van der Waals surface area contributed by atoms with Gasteiger partial charge in [-0.1, -0.05) is 54.6 Å². The number of nitrogens with zero attached hydrogens (tertiary/aromatic N) is 1. The van der Waals surface area contributed by atoms with Crippen molar-refractivity contribution >= 4 is 23.9 Å². The van der Waals surface area contributed by atoms with Gasteiger partial charge in [-0.05, 0) is 75.6 Å². The number of carbonyl (C=O) groups is 3. The van der Waals surface area contributed by atoms with Crippen LogP contribution in [0, 0.1) is 0 Å². The third-order valence-corrected chi connectivity index (χ3v) is 7.36. The molecule has 0 saturated carbocycles. The Morgan fingerprint density at radius 2 is 1.44 bits per heavy atom. The van der Waals surface area contributed by atoms with Crippen LogP contribution in [0.4, 0.5) is 4.79 Å². The minimum absolute atomic E-state index is 0.180. The Morgan fingerprint density at radius 3 is 2.02 bits per heavy atom. The van der Waals surface area contributed by atoms with E-state index in [-0.39, 0.29) is 12.3 Å². The summed E-state index contributed by atoms with van der Waals surface area (Å²) in [6, 6.07) is 22.0. The van der Waals surface area contributed by atoms with Crippen molar-refractivity contribution in [2.75, 3.05) is 13.7 Å². The largest absolute Gasteiger partial charge is 0.494 e. The van der Waals surface area contributed by atoms with E-state index >= 15 is 0 Å². The Labute approximate surface area is 282 Å². The van der Waals surface area contributed by atoms with E-state index in [1.165, 1.54) is 7.11 Å². The van der Waals surface area contributed by atoms with Crippen LogP contribution in [0.1, 0.15) is 51.3 Å². The van der Waals surface area contributed by atoms with Crippen molar-refractivity contribution in [3.63, 3.8) is 0 Å². The van der Waals surface area contributed by atoms with Crippen molar-refractivity contribution in [3.8, 4) is 11.5 Å². The smallest absolute Gasteiger partial charge is 0.408 e. The summed E-state index contributed by atoms with van der Waals surface area (Å²) in [6.07, 6.45) is -0.804. The molecule has 0 spiro atoms. The zero-order valence-electron chi connectivity index (χ0n) is 28.4. The predicted octanol–water partition coefficient (Wildman–Crippen LogP) is 5.19. The lowest BCUT2D eigenvalue weighted by Crippen LogP contribution is -2.48. The molecule has 48 heavy (non-hydrogen) atoms. The number of alkyl carbamates (subject to hydrolysis) is 1. The Bertz CT molecular complexity index is 1540. The lowest BCUT2D eigenvalue weighted by Gasteiger charge is -2.24. The molecule has 256 valence electrons. The Balaban J connectivity index is 1.48. The second-order valence-corrected chi connectivity index (χ2v) is 12.4. The Kier molecular flexibility index (Phi) is 12.4. The molecule has 1 unspecified atom stereocenters. The molecule has 0 fully saturated rings. The molecular weight excluding hydrogens is 614 g/mol. The van der Waals surface area contributed by atoms with Gasteiger partial charge in [-0.25, -0.2) is 14.6 Å². The first-order chi connectivity index (χ1) is 22.9. The van der Waals surface area contributed by atoms with E-state index in [1.807, 2.05) is 85.8 Å². The van der Waals surface area contributed by atoms with E-state index in [2.05, 4.69) is 15.6 Å². The van der Waals surface area contributed by atoms with Crippen molar-refractivity contribution < 1.29 is 38.1 Å². The van der Waals surface area contributed by atoms with Crippen LogP contribution in [0.2, 0.25) is 0 Å². The van der Waals surface area contributed by atoms with Crippen molar-refractivity contribution in [3.05, 3.63) is 95.6 Å². The fraction of sp³-hybridized carbons (Fsp3) is 0.405. The number of methoxy groups -OCH3 is 1. The highest BCUT2D eigenvalue weighted by molar-refractivity contribution is 5.94. The van der Waals surface area contributed by atoms with E-state index in [0.717, 1.165) is 16.7 Å². The van der Waals surface area contributed by atoms with Crippen LogP contribution in [0.15, 0.2) is 83.9 Å². The van der Waals surface area contributed by atoms with E-state index in [4.69, 9.17) is 23.7 Å². The molecular formula is C37H45N3O8. The highest BCUT2D eigenvalue weighted by atomic mass is 16.6. The van der Waals surface area contributed by atoms with Gasteiger partial charge in [-0.3, -0.25) is 4.79 Å². The van der Waals surface area contributed by atoms with Crippen LogP contribution in [0.5, 0.6) is 11.5 Å². The van der Waals surface area contributed by atoms with Crippen LogP contribution in [-0.4, -0.2) is 67.4 Å². The summed E-state index contributed by atoms with van der Waals surface area (Å²) in [5.74, 6) is 0.493. The van der Waals surface area contributed by atoms with Crippen molar-refractivity contribution in [1.82, 2.24) is 10.6 Å². The van der Waals surface area contributed by atoms with Crippen molar-refractivity contribution in [2.24, 2.45) is 4.99 Å². The van der Waals surface area contributed by atoms with Gasteiger partial charge >= 0.3 is 12.1 Å². The maximum atomic E-state index is 13.5. The minimum atomic E-state index is -0.968. The summed E-state index contributed by atoms with van der Waals surface area (Å²) in [6.45, 7) is 9.90. The fourth-order valence-electron chi connectivity index (χ4n) is 5.04. The number of hydrogen-bond donors (Lipinski definition) is 2. The monoisotopic (exact) mass is 659 g/mol. The quantitative estimate of drug-likeness (QED) is 0.226. The summed E-state index contributed by atoms with van der Waals surface area (Å²) >= 11 is 0. The number of nitrogens with one attached hydrogen (secondary N) is 2. The second kappa shape index (κ2) is 16.7. The molecule has 4 rings (SSSR count). The molecule has 11 nitrogen and oxygen atoms in total. The molecule has 0 saturated heterocycles. The molecule has 1 heterocycles. The number of ether oxygens (including phenoxy) is 5. The molecule has 3 aromatic rings. The average molecular weight is 660 g/mol. The normalized spacial score (nSPS) is 16.8. The van der Waals surface area contributed by atoms with Gasteiger partial charge in [0.15, 0.2) is 6.04 Å². The number of benzene rings is 3. The fourth-order valence-corrected chi connectivity index (χ4v) is 5.04. The van der Waals surface area contributed by atoms with Gasteiger partial charge < -0.3 is 34.3 Å². The number of amides is 2. The third kappa shape index (κ3) is 10.8. The first-order valence-electron chi connectivity index (χ1n) is 16.0. The van der Waals surface area contributed by atoms with Crippen molar-refractivity contribution in [2.45, 2.75) is 83.9 Å². The van der Waals surface area contributed by atoms with Gasteiger partial charge in [0, 0.05) is 12.8 Å². The van der Waals surface area contributed by atoms with Gasteiger partial charge in [0.25, 0.3) is 0 Å². The summed E-state index contributed by atoms with van der Waals surface area (Å²) in [4.78, 5) is 43.6. The number of aliphatic imine (C=N–C) groups is 1. The van der Waals surface area contributed by atoms with Crippen LogP contribution in [0.3, 0.4) is 0 Å². The van der Waals surface area contributed by atoms with E-state index < -0.39 is 47.8 Å². The number of carbonyl (C=O) groups excluding carboxylic acids is 3. The second-order valence-electron chi connectivity index (χ2n) is 12.4. The van der Waals surface area contributed by atoms with Crippen LogP contribution < -0.4 is 20.1 Å². The van der Waals surface area contributed by atoms with E-state index in [9.17, 15) is 14.4 Å². The maximum absolute atomic E-state index is 13.5. The standard InChI is InChI=1S/C37H45N3O8/c1-7-45-28-17-13-26(14-18-28)22-31(35(42)44-6)38-33(41)32-24(2)47-34(40-32)30(39-36(43)48-37(3,4)5)21-25-15-19-29(20-16-25)46-23-27-11-9-8-10-12-27/h8-20,24,30-32H,7,21-23H2,1-6H3,(H,38,41)(H,39,43)/t24-,30+,31+,32?/m1/s1. The number of esters is 1. The highest BCUT2D eigenvalue weighted by Crippen LogP contribution is 2.21. The Hall–Kier alpha value is -5.06. The zero-order valence-corrected chi connectivity index (χ0v) is 28.4. The maximum Gasteiger partial charge on any atom is 0.408 e. The van der Waals surface area contributed by atoms with Crippen LogP contribution in [-0.2, 0) is 43.2 Å². The first kappa shape index (κ1) is 35.8. The molecule has 1 aliphatic heterocycles. The molecule has 11 heteroatoms. The number of rotatable bonds is 14. The molecule has 2 N–H and O–H groups in total. The van der Waals surface area contributed by atoms with E-state index in [0.29, 0.717) is 31.1 Å². The van der Waals surface area contributed by atoms with Crippen molar-refractivity contribution in [1.29, 1.82) is 0 Å². The lowest BCUT2D eigenvalue weighted by atomic mass is 10.0. The summed E-state index contributed by atoms with van der Waals surface area (Å²) in [5, 5.41) is 5.64.